The van der Waals surface area contributed by atoms with E-state index in [2.05, 4.69) is 15.1 Å². The molecule has 74 valence electrons. The van der Waals surface area contributed by atoms with Crippen LogP contribution in [0.2, 0.25) is 0 Å². The van der Waals surface area contributed by atoms with Crippen molar-refractivity contribution < 1.29 is 8.91 Å². The number of hydrogen-bond acceptors (Lipinski definition) is 3. The average molecular weight is 203 g/mol. The first-order chi connectivity index (χ1) is 7.33. The number of halogens is 1. The fourth-order valence-corrected chi connectivity index (χ4v) is 1.44. The SMILES string of the molecule is Fc1ccc2nc(-c3ccon3)[nH]c2c1. The summed E-state index contributed by atoms with van der Waals surface area (Å²) < 4.78 is 17.6. The number of nitrogens with zero attached hydrogens (tertiary/aromatic N) is 2. The van der Waals surface area contributed by atoms with Gasteiger partial charge in [0.1, 0.15) is 17.8 Å². The number of benzene rings is 1. The van der Waals surface area contributed by atoms with Crippen LogP contribution >= 0.6 is 0 Å². The molecule has 3 rings (SSSR count). The van der Waals surface area contributed by atoms with Gasteiger partial charge in [0.25, 0.3) is 0 Å². The fraction of sp³-hybridized carbons (Fsp3) is 0. The molecule has 0 aliphatic rings. The Labute approximate surface area is 83.7 Å². The number of aromatic nitrogens is 3. The van der Waals surface area contributed by atoms with Crippen LogP contribution in [-0.2, 0) is 0 Å². The van der Waals surface area contributed by atoms with Gasteiger partial charge in [0, 0.05) is 6.07 Å². The van der Waals surface area contributed by atoms with Gasteiger partial charge in [-0.1, -0.05) is 5.16 Å². The molecule has 1 N–H and O–H groups in total. The highest BCUT2D eigenvalue weighted by Gasteiger charge is 2.07. The predicted molar refractivity (Wildman–Crippen MR) is 51.5 cm³/mol. The molecule has 0 fully saturated rings. The smallest absolute Gasteiger partial charge is 0.160 e. The maximum absolute atomic E-state index is 12.9. The Morgan fingerprint density at radius 2 is 2.20 bits per heavy atom. The Bertz CT molecular complexity index is 600. The molecule has 5 heteroatoms. The third-order valence-corrected chi connectivity index (χ3v) is 2.12. The zero-order chi connectivity index (χ0) is 10.3. The van der Waals surface area contributed by atoms with Crippen molar-refractivity contribution in [3.63, 3.8) is 0 Å². The van der Waals surface area contributed by atoms with Gasteiger partial charge in [0.05, 0.1) is 11.0 Å². The van der Waals surface area contributed by atoms with Crippen molar-refractivity contribution in [1.29, 1.82) is 0 Å². The van der Waals surface area contributed by atoms with Crippen LogP contribution in [0.1, 0.15) is 0 Å². The zero-order valence-electron chi connectivity index (χ0n) is 7.57. The molecule has 0 aliphatic carbocycles. The van der Waals surface area contributed by atoms with Gasteiger partial charge in [0.2, 0.25) is 0 Å². The minimum atomic E-state index is -0.294. The van der Waals surface area contributed by atoms with Gasteiger partial charge < -0.3 is 9.51 Å². The molecule has 2 aromatic heterocycles. The molecule has 0 spiro atoms. The van der Waals surface area contributed by atoms with Crippen molar-refractivity contribution in [3.05, 3.63) is 36.3 Å². The number of rotatable bonds is 1. The van der Waals surface area contributed by atoms with Gasteiger partial charge in [-0.05, 0) is 18.2 Å². The van der Waals surface area contributed by atoms with Gasteiger partial charge in [-0.15, -0.1) is 0 Å². The predicted octanol–water partition coefficient (Wildman–Crippen LogP) is 2.36. The van der Waals surface area contributed by atoms with Crippen molar-refractivity contribution in [2.24, 2.45) is 0 Å². The Morgan fingerprint density at radius 3 is 3.00 bits per heavy atom. The van der Waals surface area contributed by atoms with Crippen LogP contribution in [-0.4, -0.2) is 15.1 Å². The fourth-order valence-electron chi connectivity index (χ4n) is 1.44. The molecule has 0 atom stereocenters. The van der Waals surface area contributed by atoms with Crippen molar-refractivity contribution >= 4 is 11.0 Å². The van der Waals surface area contributed by atoms with Crippen LogP contribution in [0.15, 0.2) is 35.1 Å². The van der Waals surface area contributed by atoms with Gasteiger partial charge in [0.15, 0.2) is 5.82 Å². The van der Waals surface area contributed by atoms with Gasteiger partial charge in [-0.2, -0.15) is 0 Å². The molecule has 3 aromatic rings. The van der Waals surface area contributed by atoms with Crippen molar-refractivity contribution in [2.45, 2.75) is 0 Å². The molecular weight excluding hydrogens is 197 g/mol. The molecule has 0 bridgehead atoms. The number of aromatic amines is 1. The molecular formula is C10H6FN3O. The van der Waals surface area contributed by atoms with E-state index in [0.717, 1.165) is 0 Å². The second kappa shape index (κ2) is 2.91. The van der Waals surface area contributed by atoms with E-state index in [9.17, 15) is 4.39 Å². The topological polar surface area (TPSA) is 54.7 Å². The van der Waals surface area contributed by atoms with Crippen LogP contribution < -0.4 is 0 Å². The van der Waals surface area contributed by atoms with Crippen molar-refractivity contribution in [2.75, 3.05) is 0 Å². The highest BCUT2D eigenvalue weighted by Crippen LogP contribution is 2.19. The standard InChI is InChI=1S/C10H6FN3O/c11-6-1-2-7-9(5-6)13-10(12-7)8-3-4-15-14-8/h1-5H,(H,12,13). The van der Waals surface area contributed by atoms with Crippen molar-refractivity contribution in [1.82, 2.24) is 15.1 Å². The van der Waals surface area contributed by atoms with Crippen molar-refractivity contribution in [3.8, 4) is 11.5 Å². The summed E-state index contributed by atoms with van der Waals surface area (Å²) in [4.78, 5) is 7.22. The second-order valence-corrected chi connectivity index (χ2v) is 3.13. The van der Waals surface area contributed by atoms with Gasteiger partial charge in [-0.25, -0.2) is 9.37 Å². The third kappa shape index (κ3) is 1.28. The monoisotopic (exact) mass is 203 g/mol. The summed E-state index contributed by atoms with van der Waals surface area (Å²) in [5, 5.41) is 3.74. The highest BCUT2D eigenvalue weighted by atomic mass is 19.1. The molecule has 0 saturated carbocycles. The van der Waals surface area contributed by atoms with E-state index < -0.39 is 0 Å². The highest BCUT2D eigenvalue weighted by molar-refractivity contribution is 5.78. The molecule has 15 heavy (non-hydrogen) atoms. The van der Waals surface area contributed by atoms with Crippen LogP contribution in [0, 0.1) is 5.82 Å². The Morgan fingerprint density at radius 1 is 1.27 bits per heavy atom. The maximum Gasteiger partial charge on any atom is 0.160 e. The van der Waals surface area contributed by atoms with Crippen LogP contribution in [0.25, 0.3) is 22.6 Å². The average Bonchev–Trinajstić information content (AvgIpc) is 2.84. The second-order valence-electron chi connectivity index (χ2n) is 3.13. The number of H-pyrrole nitrogens is 1. The molecule has 0 unspecified atom stereocenters. The van der Waals surface area contributed by atoms with E-state index >= 15 is 0 Å². The maximum atomic E-state index is 12.9. The zero-order valence-corrected chi connectivity index (χ0v) is 7.57. The normalized spacial score (nSPS) is 11.0. The first-order valence-electron chi connectivity index (χ1n) is 4.39. The minimum absolute atomic E-state index is 0.294. The van der Waals surface area contributed by atoms with E-state index in [1.165, 1.54) is 18.4 Å². The Balaban J connectivity index is 2.22. The number of fused-ring (bicyclic) bond motifs is 1. The van der Waals surface area contributed by atoms with E-state index in [4.69, 9.17) is 4.52 Å². The quantitative estimate of drug-likeness (QED) is 0.660. The molecule has 1 aromatic carbocycles. The lowest BCUT2D eigenvalue weighted by Gasteiger charge is -1.86. The molecule has 0 amide bonds. The van der Waals surface area contributed by atoms with Gasteiger partial charge >= 0.3 is 0 Å². The summed E-state index contributed by atoms with van der Waals surface area (Å²) >= 11 is 0. The summed E-state index contributed by atoms with van der Waals surface area (Å²) in [6.45, 7) is 0. The largest absolute Gasteiger partial charge is 0.364 e. The molecule has 4 nitrogen and oxygen atoms in total. The lowest BCUT2D eigenvalue weighted by Crippen LogP contribution is -1.77. The molecule has 0 aliphatic heterocycles. The molecule has 2 heterocycles. The van der Waals surface area contributed by atoms with Crippen LogP contribution in [0.4, 0.5) is 4.39 Å². The third-order valence-electron chi connectivity index (χ3n) is 2.12. The number of nitrogens with one attached hydrogen (secondary N) is 1. The Kier molecular flexibility index (Phi) is 1.58. The first-order valence-corrected chi connectivity index (χ1v) is 4.39. The van der Waals surface area contributed by atoms with Gasteiger partial charge in [-0.3, -0.25) is 0 Å². The minimum Gasteiger partial charge on any atom is -0.364 e. The van der Waals surface area contributed by atoms with E-state index in [-0.39, 0.29) is 5.82 Å². The van der Waals surface area contributed by atoms with E-state index in [1.54, 1.807) is 12.1 Å². The first kappa shape index (κ1) is 8.16. The number of hydrogen-bond donors (Lipinski definition) is 1. The lowest BCUT2D eigenvalue weighted by molar-refractivity contribution is 0.422. The summed E-state index contributed by atoms with van der Waals surface area (Å²) in [5.41, 5.74) is 1.95. The molecule has 0 radical (unpaired) electrons. The summed E-state index contributed by atoms with van der Waals surface area (Å²) in [7, 11) is 0. The number of imidazole rings is 1. The summed E-state index contributed by atoms with van der Waals surface area (Å²) in [6.07, 6.45) is 1.46. The Hall–Kier alpha value is -2.17. The lowest BCUT2D eigenvalue weighted by atomic mass is 10.3. The summed E-state index contributed by atoms with van der Waals surface area (Å²) in [6, 6.07) is 6.07. The van der Waals surface area contributed by atoms with Crippen LogP contribution in [0.3, 0.4) is 0 Å². The molecule has 0 saturated heterocycles. The van der Waals surface area contributed by atoms with Crippen LogP contribution in [0.5, 0.6) is 0 Å². The summed E-state index contributed by atoms with van der Waals surface area (Å²) in [5.74, 6) is 0.280. The van der Waals surface area contributed by atoms with E-state index in [1.807, 2.05) is 0 Å². The van der Waals surface area contributed by atoms with E-state index in [0.29, 0.717) is 22.6 Å².